The van der Waals surface area contributed by atoms with Crippen LogP contribution in [0.3, 0.4) is 0 Å². The van der Waals surface area contributed by atoms with Crippen molar-refractivity contribution in [2.75, 3.05) is 5.32 Å². The van der Waals surface area contributed by atoms with Crippen LogP contribution in [0.2, 0.25) is 0 Å². The molecule has 1 heterocycles. The van der Waals surface area contributed by atoms with Crippen LogP contribution in [0.1, 0.15) is 5.69 Å². The summed E-state index contributed by atoms with van der Waals surface area (Å²) in [6.07, 6.45) is 3.48. The minimum Gasteiger partial charge on any atom is -0.378 e. The number of nitrogens with one attached hydrogen (secondary N) is 1. The number of imidazole rings is 1. The number of rotatable bonds is 4. The molecular formula is C11H13BrN4O2S. The van der Waals surface area contributed by atoms with Gasteiger partial charge in [-0.1, -0.05) is 0 Å². The lowest BCUT2D eigenvalue weighted by molar-refractivity contribution is 0.598. The fraction of sp³-hybridized carbons (Fsp3) is 0.182. The maximum absolute atomic E-state index is 11.2. The number of aryl methyl sites for hydroxylation is 1. The molecule has 8 heteroatoms. The second kappa shape index (κ2) is 5.32. The van der Waals surface area contributed by atoms with Crippen molar-refractivity contribution < 1.29 is 8.42 Å². The van der Waals surface area contributed by atoms with Crippen molar-refractivity contribution in [3.8, 4) is 0 Å². The summed E-state index contributed by atoms with van der Waals surface area (Å²) in [6.45, 7) is 0.587. The third kappa shape index (κ3) is 3.34. The molecule has 6 nitrogen and oxygen atoms in total. The molecule has 0 amide bonds. The standard InChI is InChI=1S/C11H13BrN4O2S/c1-16-7-14-5-8(16)6-15-11-3-2-9(4-10(11)12)19(13,17)18/h2-5,7,15H,6H2,1H3,(H2,13,17,18). The maximum atomic E-state index is 11.2. The van der Waals surface area contributed by atoms with E-state index in [2.05, 4.69) is 26.2 Å². The van der Waals surface area contributed by atoms with Crippen molar-refractivity contribution in [1.82, 2.24) is 9.55 Å². The number of primary sulfonamides is 1. The summed E-state index contributed by atoms with van der Waals surface area (Å²) in [4.78, 5) is 4.09. The highest BCUT2D eigenvalue weighted by Gasteiger charge is 2.10. The summed E-state index contributed by atoms with van der Waals surface area (Å²) in [5.74, 6) is 0. The van der Waals surface area contributed by atoms with Gasteiger partial charge in [-0.05, 0) is 34.1 Å². The Labute approximate surface area is 119 Å². The molecule has 0 saturated heterocycles. The summed E-state index contributed by atoms with van der Waals surface area (Å²) in [6, 6.07) is 4.60. The Balaban J connectivity index is 2.16. The van der Waals surface area contributed by atoms with Crippen LogP contribution in [0.4, 0.5) is 5.69 Å². The van der Waals surface area contributed by atoms with E-state index in [9.17, 15) is 8.42 Å². The van der Waals surface area contributed by atoms with Gasteiger partial charge < -0.3 is 9.88 Å². The lowest BCUT2D eigenvalue weighted by Gasteiger charge is -2.10. The number of halogens is 1. The van der Waals surface area contributed by atoms with E-state index in [0.717, 1.165) is 11.4 Å². The van der Waals surface area contributed by atoms with Crippen molar-refractivity contribution in [2.24, 2.45) is 12.2 Å². The van der Waals surface area contributed by atoms with Crippen molar-refractivity contribution >= 4 is 31.6 Å². The van der Waals surface area contributed by atoms with Crippen molar-refractivity contribution in [1.29, 1.82) is 0 Å². The van der Waals surface area contributed by atoms with E-state index in [1.54, 1.807) is 18.6 Å². The zero-order valence-corrected chi connectivity index (χ0v) is 12.6. The molecule has 3 N–H and O–H groups in total. The first-order valence-electron chi connectivity index (χ1n) is 5.39. The summed E-state index contributed by atoms with van der Waals surface area (Å²) >= 11 is 3.32. The SMILES string of the molecule is Cn1cncc1CNc1ccc(S(N)(=O)=O)cc1Br. The zero-order valence-electron chi connectivity index (χ0n) is 10.2. The zero-order chi connectivity index (χ0) is 14.0. The molecule has 0 aliphatic rings. The van der Waals surface area contributed by atoms with Crippen LogP contribution in [-0.4, -0.2) is 18.0 Å². The highest BCUT2D eigenvalue weighted by Crippen LogP contribution is 2.25. The molecule has 0 fully saturated rings. The maximum Gasteiger partial charge on any atom is 0.238 e. The third-order valence-corrected chi connectivity index (χ3v) is 4.21. The van der Waals surface area contributed by atoms with E-state index in [1.165, 1.54) is 12.1 Å². The smallest absolute Gasteiger partial charge is 0.238 e. The van der Waals surface area contributed by atoms with E-state index in [4.69, 9.17) is 5.14 Å². The quantitative estimate of drug-likeness (QED) is 0.877. The first kappa shape index (κ1) is 14.0. The molecule has 0 saturated carbocycles. The van der Waals surface area contributed by atoms with Crippen molar-refractivity contribution in [3.05, 3.63) is 40.9 Å². The number of nitrogens with two attached hydrogens (primary N) is 1. The molecule has 1 aromatic carbocycles. The van der Waals surface area contributed by atoms with Crippen molar-refractivity contribution in [3.63, 3.8) is 0 Å². The lowest BCUT2D eigenvalue weighted by atomic mass is 10.3. The van der Waals surface area contributed by atoms with Crippen LogP contribution < -0.4 is 10.5 Å². The van der Waals surface area contributed by atoms with Gasteiger partial charge in [0.2, 0.25) is 10.0 Å². The topological polar surface area (TPSA) is 90.0 Å². The monoisotopic (exact) mass is 344 g/mol. The molecule has 102 valence electrons. The van der Waals surface area contributed by atoms with Gasteiger partial charge in [0.15, 0.2) is 0 Å². The van der Waals surface area contributed by atoms with Crippen LogP contribution in [0.5, 0.6) is 0 Å². The number of sulfonamides is 1. The van der Waals surface area contributed by atoms with Gasteiger partial charge in [-0.15, -0.1) is 0 Å². The minimum absolute atomic E-state index is 0.0745. The lowest BCUT2D eigenvalue weighted by Crippen LogP contribution is -2.12. The fourth-order valence-electron chi connectivity index (χ4n) is 1.56. The number of hydrogen-bond acceptors (Lipinski definition) is 4. The van der Waals surface area contributed by atoms with Crippen LogP contribution >= 0.6 is 15.9 Å². The molecule has 19 heavy (non-hydrogen) atoms. The third-order valence-electron chi connectivity index (χ3n) is 2.65. The summed E-state index contributed by atoms with van der Waals surface area (Å²) < 4.78 is 25.0. The van der Waals surface area contributed by atoms with Gasteiger partial charge >= 0.3 is 0 Å². The van der Waals surface area contributed by atoms with Gasteiger partial charge in [-0.2, -0.15) is 0 Å². The van der Waals surface area contributed by atoms with E-state index in [1.807, 2.05) is 11.6 Å². The van der Waals surface area contributed by atoms with Gasteiger partial charge in [0.1, 0.15) is 0 Å². The van der Waals surface area contributed by atoms with Crippen LogP contribution in [-0.2, 0) is 23.6 Å². The molecule has 0 unspecified atom stereocenters. The number of benzene rings is 1. The molecule has 0 spiro atoms. The average Bonchev–Trinajstić information content (AvgIpc) is 2.72. The molecule has 0 aliphatic heterocycles. The Kier molecular flexibility index (Phi) is 3.93. The average molecular weight is 345 g/mol. The molecular weight excluding hydrogens is 332 g/mol. The Morgan fingerprint density at radius 3 is 2.74 bits per heavy atom. The Bertz CT molecular complexity index is 696. The van der Waals surface area contributed by atoms with Crippen LogP contribution in [0, 0.1) is 0 Å². The minimum atomic E-state index is -3.68. The predicted molar refractivity (Wildman–Crippen MR) is 76.0 cm³/mol. The largest absolute Gasteiger partial charge is 0.378 e. The molecule has 0 bridgehead atoms. The summed E-state index contributed by atoms with van der Waals surface area (Å²) in [5.41, 5.74) is 1.80. The summed E-state index contributed by atoms with van der Waals surface area (Å²) in [5, 5.41) is 8.26. The van der Waals surface area contributed by atoms with Crippen molar-refractivity contribution in [2.45, 2.75) is 11.4 Å². The highest BCUT2D eigenvalue weighted by molar-refractivity contribution is 9.10. The number of hydrogen-bond donors (Lipinski definition) is 2. The first-order valence-corrected chi connectivity index (χ1v) is 7.73. The van der Waals surface area contributed by atoms with Crippen LogP contribution in [0.15, 0.2) is 40.1 Å². The Morgan fingerprint density at radius 1 is 1.47 bits per heavy atom. The summed E-state index contributed by atoms with van der Waals surface area (Å²) in [7, 11) is -1.77. The molecule has 2 rings (SSSR count). The normalized spacial score (nSPS) is 11.5. The number of nitrogens with zero attached hydrogens (tertiary/aromatic N) is 2. The Hall–Kier alpha value is -1.38. The molecule has 0 aliphatic carbocycles. The second-order valence-corrected chi connectivity index (χ2v) is 6.45. The second-order valence-electron chi connectivity index (χ2n) is 4.04. The van der Waals surface area contributed by atoms with E-state index >= 15 is 0 Å². The first-order chi connectivity index (χ1) is 8.88. The van der Waals surface area contributed by atoms with Gasteiger partial charge in [-0.3, -0.25) is 0 Å². The molecule has 1 aromatic heterocycles. The fourth-order valence-corrected chi connectivity index (χ4v) is 2.77. The van der Waals surface area contributed by atoms with E-state index < -0.39 is 10.0 Å². The molecule has 0 radical (unpaired) electrons. The van der Waals surface area contributed by atoms with E-state index in [-0.39, 0.29) is 4.90 Å². The highest BCUT2D eigenvalue weighted by atomic mass is 79.9. The van der Waals surface area contributed by atoms with Gasteiger partial charge in [0, 0.05) is 23.4 Å². The molecule has 2 aromatic rings. The Morgan fingerprint density at radius 2 is 2.21 bits per heavy atom. The van der Waals surface area contributed by atoms with E-state index in [0.29, 0.717) is 11.0 Å². The van der Waals surface area contributed by atoms with Gasteiger partial charge in [-0.25, -0.2) is 18.5 Å². The van der Waals surface area contributed by atoms with Gasteiger partial charge in [0.05, 0.1) is 23.5 Å². The van der Waals surface area contributed by atoms with Crippen LogP contribution in [0.25, 0.3) is 0 Å². The predicted octanol–water partition coefficient (Wildman–Crippen LogP) is 1.44. The van der Waals surface area contributed by atoms with Gasteiger partial charge in [0.25, 0.3) is 0 Å². The number of anilines is 1. The number of aromatic nitrogens is 2. The molecule has 0 atom stereocenters.